The number of benzene rings is 2. The third kappa shape index (κ3) is 2.86. The van der Waals surface area contributed by atoms with Gasteiger partial charge < -0.3 is 15.3 Å². The second-order valence-electron chi connectivity index (χ2n) is 7.40. The molecule has 0 amide bonds. The van der Waals surface area contributed by atoms with E-state index < -0.39 is 17.8 Å². The van der Waals surface area contributed by atoms with Crippen LogP contribution in [0.5, 0.6) is 0 Å². The second-order valence-corrected chi connectivity index (χ2v) is 7.40. The molecule has 1 aliphatic rings. The molecule has 0 saturated carbocycles. The first-order valence-corrected chi connectivity index (χ1v) is 9.58. The summed E-state index contributed by atoms with van der Waals surface area (Å²) in [7, 11) is 0. The number of halogens is 3. The molecule has 0 saturated heterocycles. The van der Waals surface area contributed by atoms with Crippen molar-refractivity contribution >= 4 is 0 Å². The summed E-state index contributed by atoms with van der Waals surface area (Å²) in [5.74, 6) is 0. The highest BCUT2D eigenvalue weighted by Crippen LogP contribution is 2.57. The Kier molecular flexibility index (Phi) is 4.96. The van der Waals surface area contributed by atoms with Crippen molar-refractivity contribution in [3.63, 3.8) is 0 Å². The van der Waals surface area contributed by atoms with Crippen LogP contribution >= 0.6 is 0 Å². The molecule has 0 spiro atoms. The average Bonchev–Trinajstić information content (AvgIpc) is 3.31. The summed E-state index contributed by atoms with van der Waals surface area (Å²) in [6.07, 6.45) is -1.35. The summed E-state index contributed by atoms with van der Waals surface area (Å²) in [4.78, 5) is 0. The molecule has 1 atom stereocenters. The van der Waals surface area contributed by atoms with Gasteiger partial charge in [0.25, 0.3) is 0 Å². The van der Waals surface area contributed by atoms with E-state index in [1.54, 1.807) is 24.4 Å². The van der Waals surface area contributed by atoms with Crippen LogP contribution in [0.4, 0.5) is 13.2 Å². The van der Waals surface area contributed by atoms with Crippen molar-refractivity contribution in [1.82, 2.24) is 9.78 Å². The number of fused-ring (bicyclic) bond motifs is 3. The molecule has 1 heterocycles. The fourth-order valence-corrected chi connectivity index (χ4v) is 4.08. The zero-order valence-electron chi connectivity index (χ0n) is 16.2. The number of alkyl halides is 3. The molecule has 4 rings (SSSR count). The summed E-state index contributed by atoms with van der Waals surface area (Å²) < 4.78 is 43.8. The predicted octanol–water partition coefficient (Wildman–Crippen LogP) is 3.42. The van der Waals surface area contributed by atoms with Crippen LogP contribution in [0.2, 0.25) is 0 Å². The molecule has 1 aromatic heterocycles. The van der Waals surface area contributed by atoms with Crippen molar-refractivity contribution in [2.45, 2.75) is 31.2 Å². The third-order valence-corrected chi connectivity index (χ3v) is 5.70. The number of aliphatic hydroxyl groups is 3. The third-order valence-electron chi connectivity index (χ3n) is 5.70. The van der Waals surface area contributed by atoms with E-state index in [1.165, 1.54) is 29.1 Å². The Balaban J connectivity index is 2.02. The van der Waals surface area contributed by atoms with Crippen LogP contribution in [0.15, 0.2) is 48.8 Å². The molecule has 158 valence electrons. The Morgan fingerprint density at radius 1 is 1.07 bits per heavy atom. The van der Waals surface area contributed by atoms with Gasteiger partial charge in [-0.1, -0.05) is 43.3 Å². The van der Waals surface area contributed by atoms with Crippen molar-refractivity contribution in [2.75, 3.05) is 13.2 Å². The number of aryl methyl sites for hydroxylation is 1. The molecular formula is C22H21F3N2O3. The first-order valence-electron chi connectivity index (χ1n) is 9.58. The molecule has 0 fully saturated rings. The number of hydrogen-bond donors (Lipinski definition) is 3. The van der Waals surface area contributed by atoms with Gasteiger partial charge in [0.2, 0.25) is 5.60 Å². The number of aliphatic hydroxyl groups excluding tert-OH is 2. The van der Waals surface area contributed by atoms with E-state index in [0.717, 1.165) is 0 Å². The molecule has 0 bridgehead atoms. The number of rotatable bonds is 5. The van der Waals surface area contributed by atoms with E-state index in [0.29, 0.717) is 34.2 Å². The van der Waals surface area contributed by atoms with E-state index >= 15 is 0 Å². The molecule has 5 nitrogen and oxygen atoms in total. The summed E-state index contributed by atoms with van der Waals surface area (Å²) in [6.45, 7) is 1.17. The summed E-state index contributed by atoms with van der Waals surface area (Å²) in [5.41, 5.74) is -1.17. The smallest absolute Gasteiger partial charge is 0.394 e. The zero-order chi connectivity index (χ0) is 21.7. The van der Waals surface area contributed by atoms with E-state index in [1.807, 2.05) is 6.92 Å². The summed E-state index contributed by atoms with van der Waals surface area (Å²) in [6, 6.07) is 8.55. The van der Waals surface area contributed by atoms with Gasteiger partial charge in [0.15, 0.2) is 0 Å². The van der Waals surface area contributed by atoms with Crippen molar-refractivity contribution < 1.29 is 28.5 Å². The second kappa shape index (κ2) is 7.23. The van der Waals surface area contributed by atoms with E-state index in [2.05, 4.69) is 5.10 Å². The highest BCUT2D eigenvalue weighted by Gasteiger charge is 2.61. The minimum atomic E-state index is -4.90. The van der Waals surface area contributed by atoms with Crippen molar-refractivity contribution in [3.8, 4) is 22.3 Å². The van der Waals surface area contributed by atoms with Crippen molar-refractivity contribution in [1.29, 1.82) is 0 Å². The van der Waals surface area contributed by atoms with Gasteiger partial charge in [-0.05, 0) is 28.7 Å². The van der Waals surface area contributed by atoms with Crippen LogP contribution < -0.4 is 0 Å². The quantitative estimate of drug-likeness (QED) is 0.593. The molecule has 0 aliphatic heterocycles. The molecule has 3 N–H and O–H groups in total. The maximum atomic E-state index is 14.2. The standard InChI is InChI=1S/C22H21F3N2O3/c1-2-13-7-17(14-9-26-27(10-14)15(11-28)12-29)20-16-5-3-4-6-18(16)21(30,19(20)8-13)22(23,24)25/h3-10,15,28-30H,2,11-12H2,1H3. The van der Waals surface area contributed by atoms with E-state index in [-0.39, 0.29) is 24.3 Å². The van der Waals surface area contributed by atoms with Gasteiger partial charge >= 0.3 is 6.18 Å². The Bertz CT molecular complexity index is 1090. The fraction of sp³-hybridized carbons (Fsp3) is 0.318. The molecule has 3 aromatic rings. The minimum absolute atomic E-state index is 0.195. The van der Waals surface area contributed by atoms with Gasteiger partial charge in [0, 0.05) is 22.9 Å². The lowest BCUT2D eigenvalue weighted by Crippen LogP contribution is -2.41. The van der Waals surface area contributed by atoms with Gasteiger partial charge in [-0.15, -0.1) is 0 Å². The maximum absolute atomic E-state index is 14.2. The highest BCUT2D eigenvalue weighted by molar-refractivity contribution is 5.92. The fourth-order valence-electron chi connectivity index (χ4n) is 4.08. The number of nitrogens with zero attached hydrogens (tertiary/aromatic N) is 2. The molecule has 1 aliphatic carbocycles. The van der Waals surface area contributed by atoms with E-state index in [4.69, 9.17) is 0 Å². The Labute approximate surface area is 171 Å². The van der Waals surface area contributed by atoms with Crippen LogP contribution in [0.1, 0.15) is 29.7 Å². The summed E-state index contributed by atoms with van der Waals surface area (Å²) in [5, 5.41) is 34.0. The van der Waals surface area contributed by atoms with Gasteiger partial charge in [-0.25, -0.2) is 0 Å². The van der Waals surface area contributed by atoms with Crippen molar-refractivity contribution in [3.05, 3.63) is 65.5 Å². The Morgan fingerprint density at radius 3 is 2.40 bits per heavy atom. The Morgan fingerprint density at radius 2 is 1.77 bits per heavy atom. The lowest BCUT2D eigenvalue weighted by atomic mass is 9.87. The molecule has 1 unspecified atom stereocenters. The molecule has 30 heavy (non-hydrogen) atoms. The van der Waals surface area contributed by atoms with Crippen LogP contribution in [-0.4, -0.2) is 44.5 Å². The van der Waals surface area contributed by atoms with Crippen LogP contribution in [0, 0.1) is 0 Å². The van der Waals surface area contributed by atoms with Gasteiger partial charge in [-0.2, -0.15) is 18.3 Å². The topological polar surface area (TPSA) is 78.5 Å². The zero-order valence-corrected chi connectivity index (χ0v) is 16.2. The molecular weight excluding hydrogens is 397 g/mol. The SMILES string of the molecule is CCc1cc(-c2cnn(C(CO)CO)c2)c2c(c1)C(O)(C(F)(F)F)c1ccccc1-2. The maximum Gasteiger partial charge on any atom is 0.425 e. The lowest BCUT2D eigenvalue weighted by molar-refractivity contribution is -0.246. The normalized spacial score (nSPS) is 18.0. The molecule has 8 heteroatoms. The van der Waals surface area contributed by atoms with Crippen LogP contribution in [-0.2, 0) is 12.0 Å². The monoisotopic (exact) mass is 418 g/mol. The molecule has 0 radical (unpaired) electrons. The first-order chi connectivity index (χ1) is 14.3. The minimum Gasteiger partial charge on any atom is -0.394 e. The highest BCUT2D eigenvalue weighted by atomic mass is 19.4. The predicted molar refractivity (Wildman–Crippen MR) is 105 cm³/mol. The van der Waals surface area contributed by atoms with Crippen LogP contribution in [0.25, 0.3) is 22.3 Å². The number of hydrogen-bond acceptors (Lipinski definition) is 4. The first kappa shape index (κ1) is 20.6. The van der Waals surface area contributed by atoms with E-state index in [9.17, 15) is 28.5 Å². The lowest BCUT2D eigenvalue weighted by Gasteiger charge is -2.28. The summed E-state index contributed by atoms with van der Waals surface area (Å²) >= 11 is 0. The van der Waals surface area contributed by atoms with Gasteiger partial charge in [-0.3, -0.25) is 4.68 Å². The van der Waals surface area contributed by atoms with Crippen molar-refractivity contribution in [2.24, 2.45) is 0 Å². The Hall–Kier alpha value is -2.68. The number of aromatic nitrogens is 2. The van der Waals surface area contributed by atoms with Gasteiger partial charge in [0.05, 0.1) is 25.5 Å². The average molecular weight is 418 g/mol. The molecule has 2 aromatic carbocycles. The largest absolute Gasteiger partial charge is 0.425 e. The van der Waals surface area contributed by atoms with Gasteiger partial charge in [0.1, 0.15) is 0 Å². The van der Waals surface area contributed by atoms with Crippen LogP contribution in [0.3, 0.4) is 0 Å².